The number of ether oxygens (including phenoxy) is 1. The molecule has 0 saturated carbocycles. The molecule has 0 bridgehead atoms. The van der Waals surface area contributed by atoms with Gasteiger partial charge in [-0.25, -0.2) is 8.42 Å². The highest BCUT2D eigenvalue weighted by Gasteiger charge is 2.20. The van der Waals surface area contributed by atoms with Gasteiger partial charge in [-0.3, -0.25) is 4.79 Å². The van der Waals surface area contributed by atoms with E-state index in [1.165, 1.54) is 6.92 Å². The largest absolute Gasteiger partial charge is 0.493 e. The molecule has 1 aromatic carbocycles. The van der Waals surface area contributed by atoms with E-state index in [-0.39, 0.29) is 17.4 Å². The van der Waals surface area contributed by atoms with E-state index in [0.717, 1.165) is 13.0 Å². The lowest BCUT2D eigenvalue weighted by atomic mass is 10.3. The minimum absolute atomic E-state index is 0.114. The number of hydrogen-bond acceptors (Lipinski definition) is 5. The monoisotopic (exact) mass is 326 g/mol. The molecule has 1 amide bonds. The summed E-state index contributed by atoms with van der Waals surface area (Å²) in [6.45, 7) is 4.08. The predicted molar refractivity (Wildman–Crippen MR) is 86.0 cm³/mol. The molecule has 0 aromatic heterocycles. The number of carbonyl (C=O) groups excluding carboxylic acids is 1. The molecule has 6 nitrogen and oxygen atoms in total. The maximum absolute atomic E-state index is 11.3. The number of nitrogens with one attached hydrogen (secondary N) is 1. The van der Waals surface area contributed by atoms with E-state index in [0.29, 0.717) is 31.1 Å². The molecule has 0 atom stereocenters. The molecule has 0 radical (unpaired) electrons. The van der Waals surface area contributed by atoms with Crippen LogP contribution in [-0.2, 0) is 14.6 Å². The van der Waals surface area contributed by atoms with Gasteiger partial charge in [-0.15, -0.1) is 0 Å². The minimum Gasteiger partial charge on any atom is -0.493 e. The molecule has 1 saturated heterocycles. The summed E-state index contributed by atoms with van der Waals surface area (Å²) in [5.74, 6) is 1.11. The second-order valence-electron chi connectivity index (χ2n) is 5.40. The third-order valence-electron chi connectivity index (χ3n) is 3.48. The van der Waals surface area contributed by atoms with E-state index in [9.17, 15) is 13.2 Å². The fourth-order valence-corrected chi connectivity index (χ4v) is 3.60. The molecule has 1 heterocycles. The highest BCUT2D eigenvalue weighted by molar-refractivity contribution is 7.91. The quantitative estimate of drug-likeness (QED) is 0.794. The van der Waals surface area contributed by atoms with Crippen LogP contribution in [0.4, 0.5) is 5.69 Å². The fourth-order valence-electron chi connectivity index (χ4n) is 2.32. The van der Waals surface area contributed by atoms with Crippen LogP contribution >= 0.6 is 0 Å². The zero-order chi connectivity index (χ0) is 16.0. The Labute approximate surface area is 131 Å². The van der Waals surface area contributed by atoms with Crippen molar-refractivity contribution in [1.82, 2.24) is 4.90 Å². The van der Waals surface area contributed by atoms with Gasteiger partial charge in [0.05, 0.1) is 18.1 Å². The van der Waals surface area contributed by atoms with Crippen LogP contribution in [0.15, 0.2) is 24.3 Å². The first kappa shape index (κ1) is 16.8. The van der Waals surface area contributed by atoms with Crippen LogP contribution in [0.3, 0.4) is 0 Å². The summed E-state index contributed by atoms with van der Waals surface area (Å²) in [5, 5.41) is 2.71. The van der Waals surface area contributed by atoms with Crippen LogP contribution in [0, 0.1) is 0 Å². The number of benzene rings is 1. The highest BCUT2D eigenvalue weighted by Crippen LogP contribution is 2.17. The summed E-state index contributed by atoms with van der Waals surface area (Å²) in [5.41, 5.74) is 0.714. The van der Waals surface area contributed by atoms with Gasteiger partial charge in [-0.2, -0.15) is 0 Å². The number of amides is 1. The number of nitrogens with zero attached hydrogens (tertiary/aromatic N) is 1. The van der Waals surface area contributed by atoms with E-state index in [1.54, 1.807) is 6.07 Å². The standard InChI is InChI=1S/C15H22N2O4S/c1-13(18)16-14-4-2-5-15(12-14)21-9-3-6-17-7-10-22(19,20)11-8-17/h2,4-5,12H,3,6-11H2,1H3,(H,16,18). The van der Waals surface area contributed by atoms with Crippen molar-refractivity contribution in [1.29, 1.82) is 0 Å². The molecule has 1 aliphatic rings. The van der Waals surface area contributed by atoms with Crippen LogP contribution in [0.1, 0.15) is 13.3 Å². The zero-order valence-electron chi connectivity index (χ0n) is 12.7. The Hall–Kier alpha value is -1.60. The molecule has 0 unspecified atom stereocenters. The summed E-state index contributed by atoms with van der Waals surface area (Å²) in [7, 11) is -2.81. The molecular weight excluding hydrogens is 304 g/mol. The molecule has 2 rings (SSSR count). The lowest BCUT2D eigenvalue weighted by Crippen LogP contribution is -2.40. The van der Waals surface area contributed by atoms with Gasteiger partial charge in [-0.1, -0.05) is 6.07 Å². The van der Waals surface area contributed by atoms with Gasteiger partial charge in [0.15, 0.2) is 9.84 Å². The minimum atomic E-state index is -2.81. The summed E-state index contributed by atoms with van der Waals surface area (Å²) in [4.78, 5) is 13.2. The fraction of sp³-hybridized carbons (Fsp3) is 0.533. The lowest BCUT2D eigenvalue weighted by Gasteiger charge is -2.26. The number of anilines is 1. The van der Waals surface area contributed by atoms with Gasteiger partial charge in [0.1, 0.15) is 5.75 Å². The van der Waals surface area contributed by atoms with Crippen LogP contribution < -0.4 is 10.1 Å². The van der Waals surface area contributed by atoms with Crippen LogP contribution in [0.5, 0.6) is 5.75 Å². The van der Waals surface area contributed by atoms with Crippen molar-refractivity contribution >= 4 is 21.4 Å². The Bertz CT molecular complexity index is 602. The van der Waals surface area contributed by atoms with Gasteiger partial charge >= 0.3 is 0 Å². The molecule has 0 spiro atoms. The summed E-state index contributed by atoms with van der Waals surface area (Å²) in [6, 6.07) is 7.27. The van der Waals surface area contributed by atoms with E-state index in [2.05, 4.69) is 10.2 Å². The highest BCUT2D eigenvalue weighted by atomic mass is 32.2. The normalized spacial score (nSPS) is 17.9. The first-order valence-corrected chi connectivity index (χ1v) is 9.20. The number of carbonyl (C=O) groups is 1. The SMILES string of the molecule is CC(=O)Nc1cccc(OCCCN2CCS(=O)(=O)CC2)c1. The average molecular weight is 326 g/mol. The van der Waals surface area contributed by atoms with Crippen molar-refractivity contribution in [3.05, 3.63) is 24.3 Å². The van der Waals surface area contributed by atoms with Crippen LogP contribution in [0.2, 0.25) is 0 Å². The Morgan fingerprint density at radius 2 is 2.05 bits per heavy atom. The maximum atomic E-state index is 11.3. The van der Waals surface area contributed by atoms with E-state index < -0.39 is 9.84 Å². The number of sulfone groups is 1. The third kappa shape index (κ3) is 5.65. The van der Waals surface area contributed by atoms with Crippen molar-refractivity contribution in [3.63, 3.8) is 0 Å². The van der Waals surface area contributed by atoms with Gasteiger partial charge in [0.2, 0.25) is 5.91 Å². The van der Waals surface area contributed by atoms with Crippen molar-refractivity contribution < 1.29 is 17.9 Å². The van der Waals surface area contributed by atoms with Crippen LogP contribution in [-0.4, -0.2) is 57.0 Å². The average Bonchev–Trinajstić information content (AvgIpc) is 2.45. The first-order chi connectivity index (χ1) is 10.4. The van der Waals surface area contributed by atoms with Crippen molar-refractivity contribution in [2.75, 3.05) is 43.1 Å². The number of hydrogen-bond donors (Lipinski definition) is 1. The Kier molecular flexibility index (Phi) is 5.79. The predicted octanol–water partition coefficient (Wildman–Crippen LogP) is 1.14. The molecule has 1 aromatic rings. The molecule has 1 N–H and O–H groups in total. The summed E-state index contributed by atoms with van der Waals surface area (Å²) < 4.78 is 28.3. The van der Waals surface area contributed by atoms with E-state index >= 15 is 0 Å². The maximum Gasteiger partial charge on any atom is 0.221 e. The van der Waals surface area contributed by atoms with Crippen molar-refractivity contribution in [3.8, 4) is 5.75 Å². The Morgan fingerprint density at radius 3 is 2.73 bits per heavy atom. The molecule has 122 valence electrons. The summed E-state index contributed by atoms with van der Waals surface area (Å²) >= 11 is 0. The van der Waals surface area contributed by atoms with Gasteiger partial charge in [-0.05, 0) is 18.6 Å². The zero-order valence-corrected chi connectivity index (χ0v) is 13.6. The Balaban J connectivity index is 1.69. The van der Waals surface area contributed by atoms with Crippen LogP contribution in [0.25, 0.3) is 0 Å². The molecule has 7 heteroatoms. The Morgan fingerprint density at radius 1 is 1.32 bits per heavy atom. The molecule has 1 aliphatic heterocycles. The topological polar surface area (TPSA) is 75.7 Å². The molecule has 0 aliphatic carbocycles. The molecular formula is C15H22N2O4S. The third-order valence-corrected chi connectivity index (χ3v) is 5.09. The smallest absolute Gasteiger partial charge is 0.221 e. The first-order valence-electron chi connectivity index (χ1n) is 7.38. The second kappa shape index (κ2) is 7.60. The lowest BCUT2D eigenvalue weighted by molar-refractivity contribution is -0.114. The second-order valence-corrected chi connectivity index (χ2v) is 7.71. The van der Waals surface area contributed by atoms with Gasteiger partial charge in [0, 0.05) is 38.3 Å². The molecule has 22 heavy (non-hydrogen) atoms. The van der Waals surface area contributed by atoms with Crippen molar-refractivity contribution in [2.45, 2.75) is 13.3 Å². The van der Waals surface area contributed by atoms with Gasteiger partial charge < -0.3 is 15.0 Å². The molecule has 1 fully saturated rings. The van der Waals surface area contributed by atoms with E-state index in [4.69, 9.17) is 4.74 Å². The summed E-state index contributed by atoms with van der Waals surface area (Å²) in [6.07, 6.45) is 0.838. The van der Waals surface area contributed by atoms with Gasteiger partial charge in [0.25, 0.3) is 0 Å². The van der Waals surface area contributed by atoms with Crippen molar-refractivity contribution in [2.24, 2.45) is 0 Å². The van der Waals surface area contributed by atoms with E-state index in [1.807, 2.05) is 18.2 Å². The number of rotatable bonds is 6.